The van der Waals surface area contributed by atoms with Gasteiger partial charge in [-0.2, -0.15) is 0 Å². The van der Waals surface area contributed by atoms with Crippen LogP contribution < -0.4 is 0 Å². The third kappa shape index (κ3) is 5.24. The molecule has 2 nitrogen and oxygen atoms in total. The molecule has 0 saturated heterocycles. The molecule has 11 aromatic carbocycles. The van der Waals surface area contributed by atoms with Crippen molar-refractivity contribution in [1.29, 1.82) is 0 Å². The molecule has 0 unspecified atom stereocenters. The monoisotopic (exact) mass is 748 g/mol. The molecule has 274 valence electrons. The van der Waals surface area contributed by atoms with E-state index < -0.39 is 0 Å². The molecular formula is C57H36N2. The van der Waals surface area contributed by atoms with Crippen LogP contribution >= 0.6 is 0 Å². The summed E-state index contributed by atoms with van der Waals surface area (Å²) < 4.78 is 2.35. The number of rotatable bonds is 5. The zero-order valence-corrected chi connectivity index (χ0v) is 32.2. The van der Waals surface area contributed by atoms with Gasteiger partial charge in [0.05, 0.1) is 11.0 Å². The molecule has 0 radical (unpaired) electrons. The smallest absolute Gasteiger partial charge is 0.146 e. The van der Waals surface area contributed by atoms with Crippen molar-refractivity contribution in [3.05, 3.63) is 218 Å². The fraction of sp³-hybridized carbons (Fsp3) is 0. The van der Waals surface area contributed by atoms with E-state index >= 15 is 0 Å². The lowest BCUT2D eigenvalue weighted by Gasteiger charge is -2.19. The minimum absolute atomic E-state index is 0.938. The molecule has 0 amide bonds. The van der Waals surface area contributed by atoms with Gasteiger partial charge in [0.25, 0.3) is 0 Å². The molecule has 0 spiro atoms. The van der Waals surface area contributed by atoms with E-state index in [-0.39, 0.29) is 0 Å². The summed E-state index contributed by atoms with van der Waals surface area (Å²) in [4.78, 5) is 5.43. The highest BCUT2D eigenvalue weighted by Crippen LogP contribution is 2.47. The molecule has 12 rings (SSSR count). The van der Waals surface area contributed by atoms with Gasteiger partial charge in [0.1, 0.15) is 5.82 Å². The minimum Gasteiger partial charge on any atom is -0.292 e. The van der Waals surface area contributed by atoms with Crippen molar-refractivity contribution >= 4 is 64.9 Å². The van der Waals surface area contributed by atoms with Crippen LogP contribution in [0.5, 0.6) is 0 Å². The van der Waals surface area contributed by atoms with E-state index in [1.54, 1.807) is 0 Å². The average molecular weight is 749 g/mol. The zero-order chi connectivity index (χ0) is 38.9. The first-order valence-corrected chi connectivity index (χ1v) is 20.3. The molecule has 0 atom stereocenters. The Labute approximate surface area is 341 Å². The van der Waals surface area contributed by atoms with Gasteiger partial charge in [-0.25, -0.2) is 4.98 Å². The lowest BCUT2D eigenvalue weighted by atomic mass is 9.85. The highest BCUT2D eigenvalue weighted by molar-refractivity contribution is 6.23. The fourth-order valence-corrected chi connectivity index (χ4v) is 9.61. The van der Waals surface area contributed by atoms with Crippen molar-refractivity contribution in [2.75, 3.05) is 0 Å². The summed E-state index contributed by atoms with van der Waals surface area (Å²) in [7, 11) is 0. The van der Waals surface area contributed by atoms with Crippen LogP contribution in [0.15, 0.2) is 218 Å². The quantitative estimate of drug-likeness (QED) is 0.160. The Bertz CT molecular complexity index is 3480. The maximum Gasteiger partial charge on any atom is 0.146 e. The number of imidazole rings is 1. The summed E-state index contributed by atoms with van der Waals surface area (Å²) in [6.07, 6.45) is 0. The van der Waals surface area contributed by atoms with Gasteiger partial charge in [-0.05, 0) is 112 Å². The number of fused-ring (bicyclic) bond motifs is 6. The van der Waals surface area contributed by atoms with Crippen LogP contribution in [0.3, 0.4) is 0 Å². The molecule has 0 N–H and O–H groups in total. The first kappa shape index (κ1) is 33.3. The maximum absolute atomic E-state index is 5.43. The normalized spacial score (nSPS) is 11.7. The van der Waals surface area contributed by atoms with Crippen LogP contribution in [0, 0.1) is 0 Å². The molecule has 0 aliphatic rings. The van der Waals surface area contributed by atoms with E-state index in [0.717, 1.165) is 28.1 Å². The van der Waals surface area contributed by atoms with Crippen molar-refractivity contribution < 1.29 is 0 Å². The Balaban J connectivity index is 1.08. The number of nitrogens with zero attached hydrogens (tertiary/aromatic N) is 2. The van der Waals surface area contributed by atoms with Crippen LogP contribution in [-0.2, 0) is 0 Å². The first-order chi connectivity index (χ1) is 29.3. The predicted molar refractivity (Wildman–Crippen MR) is 250 cm³/mol. The van der Waals surface area contributed by atoms with Crippen LogP contribution in [0.1, 0.15) is 0 Å². The molecule has 0 aliphatic carbocycles. The number of benzene rings is 11. The Morgan fingerprint density at radius 3 is 1.19 bits per heavy atom. The number of hydrogen-bond donors (Lipinski definition) is 0. The number of hydrogen-bond acceptors (Lipinski definition) is 1. The van der Waals surface area contributed by atoms with Gasteiger partial charge in [0.15, 0.2) is 0 Å². The highest BCUT2D eigenvalue weighted by atomic mass is 15.1. The third-order valence-corrected chi connectivity index (χ3v) is 12.2. The summed E-state index contributed by atoms with van der Waals surface area (Å²) in [5.74, 6) is 0.938. The van der Waals surface area contributed by atoms with Gasteiger partial charge >= 0.3 is 0 Å². The summed E-state index contributed by atoms with van der Waals surface area (Å²) in [6, 6.07) is 79.4. The second kappa shape index (κ2) is 13.4. The molecule has 0 bridgehead atoms. The van der Waals surface area contributed by atoms with Gasteiger partial charge in [0.2, 0.25) is 0 Å². The summed E-state index contributed by atoms with van der Waals surface area (Å²) in [6.45, 7) is 0. The van der Waals surface area contributed by atoms with E-state index in [1.807, 2.05) is 0 Å². The maximum atomic E-state index is 5.43. The topological polar surface area (TPSA) is 17.8 Å². The second-order valence-corrected chi connectivity index (χ2v) is 15.4. The SMILES string of the molecule is c1ccc(-c2c3ccccc3c(-c3ccc(-c4c5ccccc5c(-c5nc6ccccc6n5-c5ccc6ccccc6c5)c5ccccc45)cc3)c3ccccc23)cc1. The van der Waals surface area contributed by atoms with Gasteiger partial charge in [-0.1, -0.05) is 194 Å². The molecule has 12 aromatic rings. The second-order valence-electron chi connectivity index (χ2n) is 15.4. The van der Waals surface area contributed by atoms with E-state index in [1.165, 1.54) is 87.2 Å². The lowest BCUT2D eigenvalue weighted by Crippen LogP contribution is -2.00. The van der Waals surface area contributed by atoms with Crippen molar-refractivity contribution in [2.24, 2.45) is 0 Å². The third-order valence-electron chi connectivity index (χ3n) is 12.2. The van der Waals surface area contributed by atoms with E-state index in [4.69, 9.17) is 4.98 Å². The summed E-state index contributed by atoms with van der Waals surface area (Å²) in [5.41, 5.74) is 11.7. The molecule has 59 heavy (non-hydrogen) atoms. The summed E-state index contributed by atoms with van der Waals surface area (Å²) in [5, 5.41) is 12.2. The lowest BCUT2D eigenvalue weighted by molar-refractivity contribution is 1.11. The van der Waals surface area contributed by atoms with Crippen LogP contribution in [-0.4, -0.2) is 9.55 Å². The van der Waals surface area contributed by atoms with Crippen LogP contribution in [0.4, 0.5) is 0 Å². The molecular weight excluding hydrogens is 713 g/mol. The van der Waals surface area contributed by atoms with Crippen LogP contribution in [0.25, 0.3) is 115 Å². The largest absolute Gasteiger partial charge is 0.292 e. The van der Waals surface area contributed by atoms with Crippen LogP contribution in [0.2, 0.25) is 0 Å². The van der Waals surface area contributed by atoms with Crippen molar-refractivity contribution in [2.45, 2.75) is 0 Å². The van der Waals surface area contributed by atoms with Crippen molar-refractivity contribution in [3.8, 4) is 50.5 Å². The Kier molecular flexibility index (Phi) is 7.57. The Hall–Kier alpha value is -7.81. The van der Waals surface area contributed by atoms with E-state index in [0.29, 0.717) is 0 Å². The fourth-order valence-electron chi connectivity index (χ4n) is 9.61. The zero-order valence-electron chi connectivity index (χ0n) is 32.2. The number of aromatic nitrogens is 2. The van der Waals surface area contributed by atoms with Gasteiger partial charge in [0, 0.05) is 11.3 Å². The molecule has 0 fully saturated rings. The molecule has 1 heterocycles. The molecule has 1 aromatic heterocycles. The molecule has 0 saturated carbocycles. The minimum atomic E-state index is 0.938. The standard InChI is InChI=1S/C57H36N2/c1-2-17-38(18-3-1)53-43-20-6-8-22-45(43)54(46-23-9-7-21-44(46)53)39-30-32-40(33-31-39)55-47-24-10-12-26-49(47)56(50-27-13-11-25-48(50)55)57-58-51-28-14-15-29-52(51)59(57)42-35-34-37-16-4-5-19-41(37)36-42/h1-36H. The number of para-hydroxylation sites is 2. The summed E-state index contributed by atoms with van der Waals surface area (Å²) >= 11 is 0. The Morgan fingerprint density at radius 2 is 0.678 bits per heavy atom. The van der Waals surface area contributed by atoms with E-state index in [2.05, 4.69) is 223 Å². The highest BCUT2D eigenvalue weighted by Gasteiger charge is 2.23. The average Bonchev–Trinajstić information content (AvgIpc) is 3.69. The van der Waals surface area contributed by atoms with Gasteiger partial charge in [-0.15, -0.1) is 0 Å². The first-order valence-electron chi connectivity index (χ1n) is 20.3. The molecule has 0 aliphatic heterocycles. The van der Waals surface area contributed by atoms with E-state index in [9.17, 15) is 0 Å². The van der Waals surface area contributed by atoms with Crippen molar-refractivity contribution in [3.63, 3.8) is 0 Å². The predicted octanol–water partition coefficient (Wildman–Crippen LogP) is 15.5. The van der Waals surface area contributed by atoms with Gasteiger partial charge < -0.3 is 0 Å². The molecule has 2 heteroatoms. The Morgan fingerprint density at radius 1 is 0.288 bits per heavy atom. The van der Waals surface area contributed by atoms with Gasteiger partial charge in [-0.3, -0.25) is 4.57 Å². The van der Waals surface area contributed by atoms with Crippen molar-refractivity contribution in [1.82, 2.24) is 9.55 Å².